The highest BCUT2D eigenvalue weighted by molar-refractivity contribution is 4.81. The molecule has 3 N–H and O–H groups in total. The summed E-state index contributed by atoms with van der Waals surface area (Å²) in [5.74, 6) is 6.37. The second-order valence-corrected chi connectivity index (χ2v) is 5.16. The van der Waals surface area contributed by atoms with Gasteiger partial charge in [-0.15, -0.1) is 0 Å². The molecule has 0 aromatic rings. The minimum absolute atomic E-state index is 0.331. The van der Waals surface area contributed by atoms with Gasteiger partial charge in [-0.3, -0.25) is 11.3 Å². The van der Waals surface area contributed by atoms with E-state index in [1.165, 1.54) is 19.3 Å². The van der Waals surface area contributed by atoms with Crippen LogP contribution in [0.2, 0.25) is 0 Å². The summed E-state index contributed by atoms with van der Waals surface area (Å²) in [6.45, 7) is 6.67. The van der Waals surface area contributed by atoms with E-state index in [0.717, 1.165) is 18.8 Å². The minimum atomic E-state index is 0.331. The van der Waals surface area contributed by atoms with Crippen molar-refractivity contribution < 1.29 is 4.74 Å². The fourth-order valence-corrected chi connectivity index (χ4v) is 2.25. The van der Waals surface area contributed by atoms with Gasteiger partial charge in [0.25, 0.3) is 0 Å². The Bertz CT molecular complexity index is 173. The largest absolute Gasteiger partial charge is 0.374 e. The molecular formula is C12H26N2O. The van der Waals surface area contributed by atoms with Crippen LogP contribution in [0.25, 0.3) is 0 Å². The van der Waals surface area contributed by atoms with Crippen molar-refractivity contribution in [1.82, 2.24) is 5.43 Å². The summed E-state index contributed by atoms with van der Waals surface area (Å²) in [6, 6.07) is 0.341. The van der Waals surface area contributed by atoms with Gasteiger partial charge in [-0.1, -0.05) is 26.7 Å². The number of ether oxygens (including phenoxy) is 1. The van der Waals surface area contributed by atoms with Crippen LogP contribution in [0.1, 0.15) is 52.9 Å². The third kappa shape index (κ3) is 4.49. The molecule has 90 valence electrons. The Morgan fingerprint density at radius 1 is 1.33 bits per heavy atom. The van der Waals surface area contributed by atoms with Gasteiger partial charge < -0.3 is 4.74 Å². The van der Waals surface area contributed by atoms with Gasteiger partial charge in [0, 0.05) is 6.04 Å². The summed E-state index contributed by atoms with van der Waals surface area (Å²) in [5.41, 5.74) is 2.91. The van der Waals surface area contributed by atoms with E-state index in [0.29, 0.717) is 18.2 Å². The van der Waals surface area contributed by atoms with Crippen LogP contribution in [0, 0.1) is 5.92 Å². The maximum Gasteiger partial charge on any atom is 0.0746 e. The molecule has 1 aliphatic rings. The van der Waals surface area contributed by atoms with Crippen LogP contribution in [0.4, 0.5) is 0 Å². The van der Waals surface area contributed by atoms with E-state index < -0.39 is 0 Å². The predicted molar refractivity (Wildman–Crippen MR) is 63.4 cm³/mol. The lowest BCUT2D eigenvalue weighted by atomic mass is 9.99. The van der Waals surface area contributed by atoms with Gasteiger partial charge in [-0.2, -0.15) is 0 Å². The van der Waals surface area contributed by atoms with Crippen molar-refractivity contribution in [2.75, 3.05) is 0 Å². The Hall–Kier alpha value is -0.120. The fraction of sp³-hybridized carbons (Fsp3) is 1.00. The van der Waals surface area contributed by atoms with Gasteiger partial charge in [0.05, 0.1) is 12.2 Å². The van der Waals surface area contributed by atoms with Crippen LogP contribution in [0.3, 0.4) is 0 Å². The van der Waals surface area contributed by atoms with Gasteiger partial charge >= 0.3 is 0 Å². The molecule has 15 heavy (non-hydrogen) atoms. The molecule has 3 nitrogen and oxygen atoms in total. The molecule has 1 fully saturated rings. The summed E-state index contributed by atoms with van der Waals surface area (Å²) < 4.78 is 5.83. The quantitative estimate of drug-likeness (QED) is 0.526. The molecule has 3 atom stereocenters. The minimum Gasteiger partial charge on any atom is -0.374 e. The molecule has 1 saturated heterocycles. The number of rotatable bonds is 6. The Labute approximate surface area is 93.7 Å². The third-order valence-corrected chi connectivity index (χ3v) is 3.22. The highest BCUT2D eigenvalue weighted by atomic mass is 16.5. The monoisotopic (exact) mass is 214 g/mol. The molecule has 0 radical (unpaired) electrons. The van der Waals surface area contributed by atoms with E-state index in [1.54, 1.807) is 0 Å². The zero-order chi connectivity index (χ0) is 11.3. The van der Waals surface area contributed by atoms with E-state index in [4.69, 9.17) is 10.6 Å². The van der Waals surface area contributed by atoms with Crippen molar-refractivity contribution in [3.8, 4) is 0 Å². The second kappa shape index (κ2) is 6.46. The molecule has 0 spiro atoms. The van der Waals surface area contributed by atoms with Gasteiger partial charge in [0.15, 0.2) is 0 Å². The zero-order valence-electron chi connectivity index (χ0n) is 10.3. The smallest absolute Gasteiger partial charge is 0.0746 e. The van der Waals surface area contributed by atoms with Crippen LogP contribution in [-0.2, 0) is 4.74 Å². The maximum atomic E-state index is 5.83. The molecule has 1 heterocycles. The highest BCUT2D eigenvalue weighted by Crippen LogP contribution is 2.24. The van der Waals surface area contributed by atoms with Gasteiger partial charge in [0.1, 0.15) is 0 Å². The summed E-state index contributed by atoms with van der Waals surface area (Å²) in [6.07, 6.45) is 6.71. The standard InChI is InChI=1S/C12H26N2O/c1-9(2)5-4-6-11(14-13)12-8-7-10(3)15-12/h9-12,14H,4-8,13H2,1-3H3. The molecule has 0 aromatic carbocycles. The number of hydrogen-bond donors (Lipinski definition) is 2. The first-order valence-electron chi connectivity index (χ1n) is 6.25. The predicted octanol–water partition coefficient (Wildman–Crippen LogP) is 2.21. The normalized spacial score (nSPS) is 28.6. The van der Waals surface area contributed by atoms with E-state index in [-0.39, 0.29) is 0 Å². The number of hydrazine groups is 1. The molecule has 0 bridgehead atoms. The van der Waals surface area contributed by atoms with Crippen molar-refractivity contribution in [2.24, 2.45) is 11.8 Å². The van der Waals surface area contributed by atoms with Crippen LogP contribution >= 0.6 is 0 Å². The topological polar surface area (TPSA) is 47.3 Å². The SMILES string of the molecule is CC(C)CCCC(NN)C1CCC(C)O1. The summed E-state index contributed by atoms with van der Waals surface area (Å²) in [4.78, 5) is 0. The van der Waals surface area contributed by atoms with Crippen molar-refractivity contribution in [3.63, 3.8) is 0 Å². The van der Waals surface area contributed by atoms with Gasteiger partial charge in [-0.25, -0.2) is 0 Å². The van der Waals surface area contributed by atoms with E-state index in [9.17, 15) is 0 Å². The third-order valence-electron chi connectivity index (χ3n) is 3.22. The number of nitrogens with one attached hydrogen (secondary N) is 1. The highest BCUT2D eigenvalue weighted by Gasteiger charge is 2.28. The Kier molecular flexibility index (Phi) is 5.58. The average Bonchev–Trinajstić information content (AvgIpc) is 2.59. The maximum absolute atomic E-state index is 5.83. The number of hydrogen-bond acceptors (Lipinski definition) is 3. The molecule has 3 unspecified atom stereocenters. The molecular weight excluding hydrogens is 188 g/mol. The van der Waals surface area contributed by atoms with Crippen molar-refractivity contribution >= 4 is 0 Å². The zero-order valence-corrected chi connectivity index (χ0v) is 10.3. The summed E-state index contributed by atoms with van der Waals surface area (Å²) >= 11 is 0. The second-order valence-electron chi connectivity index (χ2n) is 5.16. The molecule has 1 aliphatic heterocycles. The first kappa shape index (κ1) is 12.9. The van der Waals surface area contributed by atoms with Crippen molar-refractivity contribution in [2.45, 2.75) is 71.1 Å². The van der Waals surface area contributed by atoms with Crippen LogP contribution in [0.15, 0.2) is 0 Å². The fourth-order valence-electron chi connectivity index (χ4n) is 2.25. The van der Waals surface area contributed by atoms with Gasteiger partial charge in [0.2, 0.25) is 0 Å². The summed E-state index contributed by atoms with van der Waals surface area (Å²) in [5, 5.41) is 0. The molecule has 0 amide bonds. The molecule has 0 aliphatic carbocycles. The molecule has 0 saturated carbocycles. The first-order valence-corrected chi connectivity index (χ1v) is 6.25. The Morgan fingerprint density at radius 3 is 2.53 bits per heavy atom. The van der Waals surface area contributed by atoms with Crippen LogP contribution in [-0.4, -0.2) is 18.2 Å². The first-order chi connectivity index (χ1) is 7.13. The van der Waals surface area contributed by atoms with Crippen molar-refractivity contribution in [1.29, 1.82) is 0 Å². The Balaban J connectivity index is 2.23. The molecule has 1 rings (SSSR count). The summed E-state index contributed by atoms with van der Waals surface area (Å²) in [7, 11) is 0. The van der Waals surface area contributed by atoms with E-state index in [2.05, 4.69) is 26.2 Å². The van der Waals surface area contributed by atoms with Crippen LogP contribution < -0.4 is 11.3 Å². The number of nitrogens with two attached hydrogens (primary N) is 1. The molecule has 3 heteroatoms. The van der Waals surface area contributed by atoms with Crippen LogP contribution in [0.5, 0.6) is 0 Å². The van der Waals surface area contributed by atoms with Gasteiger partial charge in [-0.05, 0) is 32.1 Å². The molecule has 0 aromatic heterocycles. The lowest BCUT2D eigenvalue weighted by Crippen LogP contribution is -2.44. The Morgan fingerprint density at radius 2 is 2.07 bits per heavy atom. The average molecular weight is 214 g/mol. The lowest BCUT2D eigenvalue weighted by molar-refractivity contribution is 0.0293. The van der Waals surface area contributed by atoms with E-state index >= 15 is 0 Å². The van der Waals surface area contributed by atoms with Crippen molar-refractivity contribution in [3.05, 3.63) is 0 Å². The lowest BCUT2D eigenvalue weighted by Gasteiger charge is -2.23. The van der Waals surface area contributed by atoms with E-state index in [1.807, 2.05) is 0 Å².